The third-order valence-corrected chi connectivity index (χ3v) is 7.50. The average Bonchev–Trinajstić information content (AvgIpc) is 2.83. The SMILES string of the molecule is C.CN[C@H](CSC(C)[C@@H](NC)C(C)=O)C(C)=O.C[C@@H](S)[C@H](N)C(=O)O.C[C@H](S)[C@H](N)C(=O)O.N[C@@H](C[SeH])C(=O)O. The average molecular weight is 701 g/mol. The second-order valence-electron chi connectivity index (χ2n) is 8.20. The third-order valence-electron chi connectivity index (χ3n) is 4.71. The van der Waals surface area contributed by atoms with Gasteiger partial charge in [0.25, 0.3) is 0 Å². The monoisotopic (exact) mass is 701 g/mol. The number of rotatable bonds is 14. The number of aliphatic carboxylic acids is 3. The van der Waals surface area contributed by atoms with Gasteiger partial charge in [0.2, 0.25) is 0 Å². The maximum atomic E-state index is 11.3. The van der Waals surface area contributed by atoms with Crippen molar-refractivity contribution in [2.45, 2.75) is 93.3 Å². The second-order valence-corrected chi connectivity index (χ2v) is 12.0. The van der Waals surface area contributed by atoms with E-state index in [0.717, 1.165) is 0 Å². The van der Waals surface area contributed by atoms with Gasteiger partial charge in [-0.15, -0.1) is 0 Å². The summed E-state index contributed by atoms with van der Waals surface area (Å²) in [4.78, 5) is 52.2. The molecule has 0 heterocycles. The summed E-state index contributed by atoms with van der Waals surface area (Å²) >= 11 is 11.4. The molecule has 0 radical (unpaired) electrons. The number of carboxylic acids is 3. The van der Waals surface area contributed by atoms with Crippen LogP contribution in [-0.2, 0) is 24.0 Å². The second kappa shape index (κ2) is 28.2. The Balaban J connectivity index is -0.000000145. The molecule has 0 bridgehead atoms. The van der Waals surface area contributed by atoms with Gasteiger partial charge in [0.1, 0.15) is 23.7 Å². The Morgan fingerprint density at radius 3 is 1.30 bits per heavy atom. The predicted molar refractivity (Wildman–Crippen MR) is 171 cm³/mol. The van der Waals surface area contributed by atoms with Crippen molar-refractivity contribution in [1.82, 2.24) is 10.6 Å². The molecule has 8 atom stereocenters. The summed E-state index contributed by atoms with van der Waals surface area (Å²) in [5.74, 6) is -2.00. The maximum absolute atomic E-state index is 11.3. The molecule has 0 saturated carbocycles. The summed E-state index contributed by atoms with van der Waals surface area (Å²) < 4.78 is 0. The molecule has 0 aromatic rings. The third kappa shape index (κ3) is 27.3. The molecular formula is C23H51N5O8S3Se. The first-order valence-electron chi connectivity index (χ1n) is 11.6. The molecule has 0 aromatic heterocycles. The van der Waals surface area contributed by atoms with Crippen LogP contribution < -0.4 is 27.8 Å². The van der Waals surface area contributed by atoms with Crippen LogP contribution in [0.3, 0.4) is 0 Å². The van der Waals surface area contributed by atoms with Gasteiger partial charge in [-0.25, -0.2) is 0 Å². The number of hydrogen-bond donors (Lipinski definition) is 10. The number of nitrogens with one attached hydrogen (secondary N) is 2. The molecule has 0 aliphatic rings. The summed E-state index contributed by atoms with van der Waals surface area (Å²) in [5.41, 5.74) is 15.2. The first-order valence-corrected chi connectivity index (χ1v) is 15.0. The Morgan fingerprint density at radius 1 is 0.800 bits per heavy atom. The van der Waals surface area contributed by atoms with E-state index in [-0.39, 0.29) is 46.8 Å². The Labute approximate surface area is 261 Å². The molecule has 0 aliphatic carbocycles. The molecule has 0 aromatic carbocycles. The van der Waals surface area contributed by atoms with Gasteiger partial charge in [0.15, 0.2) is 0 Å². The number of carbonyl (C=O) groups is 5. The summed E-state index contributed by atoms with van der Waals surface area (Å²) in [7, 11) is 3.56. The van der Waals surface area contributed by atoms with E-state index in [0.29, 0.717) is 11.1 Å². The molecule has 40 heavy (non-hydrogen) atoms. The van der Waals surface area contributed by atoms with E-state index in [1.54, 1.807) is 53.6 Å². The summed E-state index contributed by atoms with van der Waals surface area (Å²) in [6.07, 6.45) is 0. The number of nitrogens with two attached hydrogens (primary N) is 3. The zero-order chi connectivity index (χ0) is 32.0. The van der Waals surface area contributed by atoms with Crippen LogP contribution >= 0.6 is 37.0 Å². The Hall–Kier alpha value is -0.881. The topological polar surface area (TPSA) is 248 Å². The number of thioether (sulfide) groups is 1. The Morgan fingerprint density at radius 2 is 1.18 bits per heavy atom. The van der Waals surface area contributed by atoms with Gasteiger partial charge in [0, 0.05) is 21.5 Å². The van der Waals surface area contributed by atoms with Crippen molar-refractivity contribution >= 4 is 82.5 Å². The van der Waals surface area contributed by atoms with Crippen molar-refractivity contribution in [1.29, 1.82) is 0 Å². The molecule has 0 rings (SSSR count). The minimum absolute atomic E-state index is 0. The molecule has 0 amide bonds. The van der Waals surface area contributed by atoms with Gasteiger partial charge in [0.05, 0.1) is 12.1 Å². The summed E-state index contributed by atoms with van der Waals surface area (Å²) in [6, 6.07) is -2.68. The van der Waals surface area contributed by atoms with E-state index in [2.05, 4.69) is 51.9 Å². The molecule has 240 valence electrons. The number of ketones is 2. The van der Waals surface area contributed by atoms with Crippen LogP contribution in [0.1, 0.15) is 42.0 Å². The van der Waals surface area contributed by atoms with Gasteiger partial charge >= 0.3 is 60.9 Å². The fourth-order valence-electron chi connectivity index (χ4n) is 2.01. The molecule has 0 spiro atoms. The summed E-state index contributed by atoms with van der Waals surface area (Å²) in [6.45, 7) is 8.44. The van der Waals surface area contributed by atoms with E-state index in [1.807, 2.05) is 6.92 Å². The fourth-order valence-corrected chi connectivity index (χ4v) is 4.01. The number of hydrogen-bond acceptors (Lipinski definition) is 13. The van der Waals surface area contributed by atoms with Crippen LogP contribution in [0.5, 0.6) is 0 Å². The normalized spacial score (nSPS) is 15.9. The first kappa shape index (κ1) is 48.8. The van der Waals surface area contributed by atoms with E-state index in [9.17, 15) is 24.0 Å². The van der Waals surface area contributed by atoms with Crippen LogP contribution in [0, 0.1) is 0 Å². The molecule has 11 N–H and O–H groups in total. The van der Waals surface area contributed by atoms with Crippen LogP contribution in [0.4, 0.5) is 0 Å². The predicted octanol–water partition coefficient (Wildman–Crippen LogP) is -0.751. The van der Waals surface area contributed by atoms with Crippen LogP contribution in [0.15, 0.2) is 0 Å². The Kier molecular flexibility index (Phi) is 34.5. The van der Waals surface area contributed by atoms with Gasteiger partial charge in [-0.1, -0.05) is 28.2 Å². The van der Waals surface area contributed by atoms with E-state index in [1.165, 1.54) is 0 Å². The molecule has 13 nitrogen and oxygen atoms in total. The van der Waals surface area contributed by atoms with Gasteiger partial charge in [-0.05, 0) is 27.9 Å². The van der Waals surface area contributed by atoms with Gasteiger partial charge in [-0.2, -0.15) is 37.0 Å². The molecule has 0 saturated heterocycles. The number of thiol groups is 2. The van der Waals surface area contributed by atoms with Crippen molar-refractivity contribution < 1.29 is 39.3 Å². The van der Waals surface area contributed by atoms with Crippen molar-refractivity contribution in [3.05, 3.63) is 0 Å². The molecular weight excluding hydrogens is 649 g/mol. The summed E-state index contributed by atoms with van der Waals surface area (Å²) in [5, 5.41) is 30.4. The van der Waals surface area contributed by atoms with Crippen LogP contribution in [-0.4, -0.2) is 127 Å². The quantitative estimate of drug-likeness (QED) is 0.0792. The zero-order valence-corrected chi connectivity index (χ0v) is 27.9. The number of Topliss-reactive ketones (excluding diaryl/α,β-unsaturated/α-hetero) is 2. The standard InChI is InChI=1S/C11H22N2O2S.2C4H9NO2S.C3H7NO2Se.CH4/c1-7(14)10(12-4)6-16-9(3)11(13-5)8(2)15;2*1-2(8)3(5)4(6)7;4-2(1-7)3(5)6;/h9-13H,6H2,1-5H3;2*2-3,8H,5H2,1H3,(H,6,7);2,7H,1,4H2,(H,5,6);1H4/t9?,10-,11+;2-,3+;2-,3-;2-;/m1100./s1. The van der Waals surface area contributed by atoms with Crippen molar-refractivity contribution in [2.75, 3.05) is 19.8 Å². The van der Waals surface area contributed by atoms with Crippen molar-refractivity contribution in [3.8, 4) is 0 Å². The van der Waals surface area contributed by atoms with Crippen molar-refractivity contribution in [3.63, 3.8) is 0 Å². The van der Waals surface area contributed by atoms with Gasteiger partial charge in [-0.3, -0.25) is 19.2 Å². The number of carbonyl (C=O) groups excluding carboxylic acids is 2. The minimum atomic E-state index is -1.01. The zero-order valence-electron chi connectivity index (χ0n) is 23.4. The molecule has 0 aliphatic heterocycles. The number of carboxylic acid groups (broad SMARTS) is 3. The molecule has 0 fully saturated rings. The van der Waals surface area contributed by atoms with Crippen LogP contribution in [0.25, 0.3) is 0 Å². The van der Waals surface area contributed by atoms with Gasteiger partial charge < -0.3 is 32.3 Å². The van der Waals surface area contributed by atoms with Crippen LogP contribution in [0.2, 0.25) is 5.32 Å². The number of likely N-dealkylation sites (N-methyl/N-ethyl adjacent to an activating group) is 2. The Bertz CT molecular complexity index is 715. The fraction of sp³-hybridized carbons (Fsp3) is 0.783. The van der Waals surface area contributed by atoms with E-state index < -0.39 is 36.0 Å². The first-order chi connectivity index (χ1) is 17.7. The van der Waals surface area contributed by atoms with E-state index in [4.69, 9.17) is 32.5 Å². The van der Waals surface area contributed by atoms with Crippen molar-refractivity contribution in [2.24, 2.45) is 17.2 Å². The molecule has 1 unspecified atom stereocenters. The van der Waals surface area contributed by atoms with E-state index >= 15 is 0 Å². The molecule has 17 heteroatoms.